The van der Waals surface area contributed by atoms with Crippen molar-refractivity contribution in [2.75, 3.05) is 6.54 Å². The Kier molecular flexibility index (Phi) is 4.16. The number of likely N-dealkylation sites (tertiary alicyclic amines) is 1. The molecule has 19 heavy (non-hydrogen) atoms. The molecule has 1 aliphatic rings. The lowest BCUT2D eigenvalue weighted by atomic mass is 10.0. The van der Waals surface area contributed by atoms with Crippen molar-refractivity contribution >= 4 is 5.91 Å². The molecule has 1 amide bonds. The molecule has 0 saturated carbocycles. The predicted octanol–water partition coefficient (Wildman–Crippen LogP) is 2.85. The number of carbonyl (C=O) groups is 1. The number of amides is 1. The molecule has 0 spiro atoms. The minimum atomic E-state index is -0.512. The highest BCUT2D eigenvalue weighted by molar-refractivity contribution is 5.76. The molecule has 1 atom stereocenters. The third kappa shape index (κ3) is 3.31. The van der Waals surface area contributed by atoms with Crippen LogP contribution >= 0.6 is 0 Å². The van der Waals surface area contributed by atoms with Crippen LogP contribution in [0.4, 0.5) is 4.39 Å². The van der Waals surface area contributed by atoms with Crippen molar-refractivity contribution in [2.45, 2.75) is 32.7 Å². The lowest BCUT2D eigenvalue weighted by Gasteiger charge is -2.20. The molecular weight excluding hydrogens is 243 g/mol. The molecular formula is C15H17FN2O. The molecule has 1 aromatic rings. The van der Waals surface area contributed by atoms with E-state index in [1.165, 1.54) is 12.1 Å². The maximum Gasteiger partial charge on any atom is 0.222 e. The number of benzene rings is 1. The van der Waals surface area contributed by atoms with Gasteiger partial charge in [0, 0.05) is 19.5 Å². The minimum absolute atomic E-state index is 0.0353. The van der Waals surface area contributed by atoms with Crippen LogP contribution in [0.3, 0.4) is 0 Å². The summed E-state index contributed by atoms with van der Waals surface area (Å²) >= 11 is 0. The summed E-state index contributed by atoms with van der Waals surface area (Å²) < 4.78 is 13.2. The monoisotopic (exact) mass is 260 g/mol. The molecule has 0 aliphatic carbocycles. The Bertz CT molecular complexity index is 521. The van der Waals surface area contributed by atoms with Crippen LogP contribution in [0, 0.1) is 23.1 Å². The number of rotatable bonds is 2. The SMILES string of the molecule is CC1CCC(=O)N(Cc2ccc(F)c(C#N)c2)CC1. The molecule has 3 nitrogen and oxygen atoms in total. The Hall–Kier alpha value is -1.89. The van der Waals surface area contributed by atoms with E-state index in [0.717, 1.165) is 24.9 Å². The highest BCUT2D eigenvalue weighted by atomic mass is 19.1. The van der Waals surface area contributed by atoms with Crippen LogP contribution < -0.4 is 0 Å². The van der Waals surface area contributed by atoms with Crippen molar-refractivity contribution in [3.05, 3.63) is 35.1 Å². The second kappa shape index (κ2) is 5.83. The van der Waals surface area contributed by atoms with Crippen LogP contribution in [0.15, 0.2) is 18.2 Å². The van der Waals surface area contributed by atoms with Crippen LogP contribution in [-0.2, 0) is 11.3 Å². The molecule has 2 rings (SSSR count). The van der Waals surface area contributed by atoms with Gasteiger partial charge >= 0.3 is 0 Å². The van der Waals surface area contributed by atoms with E-state index in [-0.39, 0.29) is 11.5 Å². The maximum atomic E-state index is 13.2. The van der Waals surface area contributed by atoms with Crippen LogP contribution in [-0.4, -0.2) is 17.4 Å². The molecule has 1 saturated heterocycles. The van der Waals surface area contributed by atoms with E-state index >= 15 is 0 Å². The summed E-state index contributed by atoms with van der Waals surface area (Å²) in [6, 6.07) is 6.28. The summed E-state index contributed by atoms with van der Waals surface area (Å²) in [6.45, 7) is 3.35. The standard InChI is InChI=1S/C15H17FN2O/c1-11-2-5-15(19)18(7-6-11)10-12-3-4-14(16)13(8-12)9-17/h3-4,8,11H,2,5-7,10H2,1H3. The molecule has 4 heteroatoms. The quantitative estimate of drug-likeness (QED) is 0.820. The molecule has 0 radical (unpaired) electrons. The second-order valence-corrected chi connectivity index (χ2v) is 5.17. The zero-order chi connectivity index (χ0) is 13.8. The number of nitrogens with zero attached hydrogens (tertiary/aromatic N) is 2. The van der Waals surface area contributed by atoms with Gasteiger partial charge in [-0.25, -0.2) is 4.39 Å². The number of hydrogen-bond donors (Lipinski definition) is 0. The predicted molar refractivity (Wildman–Crippen MR) is 69.5 cm³/mol. The van der Waals surface area contributed by atoms with Gasteiger partial charge < -0.3 is 4.90 Å². The van der Waals surface area contributed by atoms with Crippen LogP contribution in [0.5, 0.6) is 0 Å². The zero-order valence-electron chi connectivity index (χ0n) is 11.0. The van der Waals surface area contributed by atoms with Crippen molar-refractivity contribution in [3.8, 4) is 6.07 Å². The smallest absolute Gasteiger partial charge is 0.222 e. The summed E-state index contributed by atoms with van der Waals surface area (Å²) in [7, 11) is 0. The Balaban J connectivity index is 2.12. The zero-order valence-corrected chi connectivity index (χ0v) is 11.0. The van der Waals surface area contributed by atoms with Gasteiger partial charge in [-0.15, -0.1) is 0 Å². The fraction of sp³-hybridized carbons (Fsp3) is 0.467. The first-order chi connectivity index (χ1) is 9.10. The van der Waals surface area contributed by atoms with E-state index in [2.05, 4.69) is 6.92 Å². The Labute approximate surface area is 112 Å². The number of halogens is 1. The van der Waals surface area contributed by atoms with Gasteiger partial charge in [0.1, 0.15) is 11.9 Å². The van der Waals surface area contributed by atoms with E-state index in [4.69, 9.17) is 5.26 Å². The van der Waals surface area contributed by atoms with Crippen molar-refractivity contribution in [1.82, 2.24) is 4.90 Å². The first kappa shape index (κ1) is 13.5. The molecule has 0 aromatic heterocycles. The Morgan fingerprint density at radius 3 is 3.00 bits per heavy atom. The summed E-state index contributed by atoms with van der Waals surface area (Å²) in [5.41, 5.74) is 0.842. The van der Waals surface area contributed by atoms with Crippen molar-refractivity contribution in [1.29, 1.82) is 5.26 Å². The third-order valence-corrected chi connectivity index (χ3v) is 3.62. The van der Waals surface area contributed by atoms with E-state index in [1.54, 1.807) is 11.0 Å². The average Bonchev–Trinajstić information content (AvgIpc) is 2.56. The van der Waals surface area contributed by atoms with E-state index in [9.17, 15) is 9.18 Å². The van der Waals surface area contributed by atoms with Gasteiger partial charge in [-0.2, -0.15) is 5.26 Å². The van der Waals surface area contributed by atoms with Crippen molar-refractivity contribution in [3.63, 3.8) is 0 Å². The highest BCUT2D eigenvalue weighted by Crippen LogP contribution is 2.20. The first-order valence-corrected chi connectivity index (χ1v) is 6.56. The molecule has 0 bridgehead atoms. The summed E-state index contributed by atoms with van der Waals surface area (Å²) in [6.07, 6.45) is 2.51. The second-order valence-electron chi connectivity index (χ2n) is 5.17. The average molecular weight is 260 g/mol. The normalized spacial score (nSPS) is 19.9. The van der Waals surface area contributed by atoms with Gasteiger partial charge in [-0.1, -0.05) is 13.0 Å². The van der Waals surface area contributed by atoms with E-state index < -0.39 is 5.82 Å². The van der Waals surface area contributed by atoms with E-state index in [1.807, 2.05) is 6.07 Å². The number of carbonyl (C=O) groups excluding carboxylic acids is 1. The lowest BCUT2D eigenvalue weighted by Crippen LogP contribution is -2.29. The Morgan fingerprint density at radius 2 is 2.26 bits per heavy atom. The van der Waals surface area contributed by atoms with Crippen molar-refractivity contribution in [2.24, 2.45) is 5.92 Å². The van der Waals surface area contributed by atoms with Crippen molar-refractivity contribution < 1.29 is 9.18 Å². The van der Waals surface area contributed by atoms with Gasteiger partial charge in [-0.05, 0) is 36.5 Å². The fourth-order valence-corrected chi connectivity index (χ4v) is 2.32. The maximum absolute atomic E-state index is 13.2. The molecule has 100 valence electrons. The Morgan fingerprint density at radius 1 is 1.47 bits per heavy atom. The van der Waals surface area contributed by atoms with Gasteiger partial charge in [0.25, 0.3) is 0 Å². The number of nitriles is 1. The molecule has 1 fully saturated rings. The molecule has 1 aliphatic heterocycles. The highest BCUT2D eigenvalue weighted by Gasteiger charge is 2.20. The lowest BCUT2D eigenvalue weighted by molar-refractivity contribution is -0.131. The van der Waals surface area contributed by atoms with Gasteiger partial charge in [-0.3, -0.25) is 4.79 Å². The number of hydrogen-bond acceptors (Lipinski definition) is 2. The largest absolute Gasteiger partial charge is 0.338 e. The summed E-state index contributed by atoms with van der Waals surface area (Å²) in [4.78, 5) is 13.8. The van der Waals surface area contributed by atoms with Crippen LogP contribution in [0.1, 0.15) is 37.3 Å². The van der Waals surface area contributed by atoms with Gasteiger partial charge in [0.2, 0.25) is 5.91 Å². The fourth-order valence-electron chi connectivity index (χ4n) is 2.32. The van der Waals surface area contributed by atoms with Crippen LogP contribution in [0.25, 0.3) is 0 Å². The van der Waals surface area contributed by atoms with Crippen LogP contribution in [0.2, 0.25) is 0 Å². The molecule has 1 heterocycles. The minimum Gasteiger partial charge on any atom is -0.338 e. The van der Waals surface area contributed by atoms with E-state index in [0.29, 0.717) is 18.9 Å². The molecule has 1 aromatic carbocycles. The van der Waals surface area contributed by atoms with Gasteiger partial charge in [0.05, 0.1) is 5.56 Å². The topological polar surface area (TPSA) is 44.1 Å². The first-order valence-electron chi connectivity index (χ1n) is 6.56. The molecule has 1 unspecified atom stereocenters. The van der Waals surface area contributed by atoms with Gasteiger partial charge in [0.15, 0.2) is 0 Å². The third-order valence-electron chi connectivity index (χ3n) is 3.62. The summed E-state index contributed by atoms with van der Waals surface area (Å²) in [5, 5.41) is 8.81. The molecule has 0 N–H and O–H groups in total. The summed E-state index contributed by atoms with van der Waals surface area (Å²) in [5.74, 6) is 0.200.